The van der Waals surface area contributed by atoms with Gasteiger partial charge in [0.15, 0.2) is 0 Å². The zero-order valence-electron chi connectivity index (χ0n) is 22.0. The van der Waals surface area contributed by atoms with E-state index in [1.807, 2.05) is 0 Å². The molecule has 6 aliphatic rings. The maximum Gasteiger partial charge on any atom is 0.139 e. The first-order chi connectivity index (χ1) is 14.8. The lowest BCUT2D eigenvalue weighted by atomic mass is 9.31. The Kier molecular flexibility index (Phi) is 4.31. The van der Waals surface area contributed by atoms with Gasteiger partial charge >= 0.3 is 0 Å². The van der Waals surface area contributed by atoms with Gasteiger partial charge in [0.05, 0.1) is 12.7 Å². The van der Waals surface area contributed by atoms with Crippen molar-refractivity contribution in [1.82, 2.24) is 0 Å². The van der Waals surface area contributed by atoms with Crippen molar-refractivity contribution in [2.24, 2.45) is 56.2 Å². The first-order valence-corrected chi connectivity index (χ1v) is 14.0. The molecule has 6 rings (SSSR count). The summed E-state index contributed by atoms with van der Waals surface area (Å²) in [5.74, 6) is 3.25. The highest BCUT2D eigenvalue weighted by Gasteiger charge is 2.73. The second-order valence-electron chi connectivity index (χ2n) is 15.5. The molecular formula is C30H48O2. The Labute approximate surface area is 197 Å². The van der Waals surface area contributed by atoms with E-state index in [0.29, 0.717) is 45.4 Å². The molecule has 5 saturated carbocycles. The Morgan fingerprint density at radius 2 is 1.44 bits per heavy atom. The first-order valence-electron chi connectivity index (χ1n) is 14.0. The minimum atomic E-state index is -0.112. The van der Waals surface area contributed by atoms with E-state index in [4.69, 9.17) is 4.74 Å². The Morgan fingerprint density at radius 3 is 2.19 bits per heavy atom. The molecule has 9 atom stereocenters. The zero-order valence-corrected chi connectivity index (χ0v) is 22.0. The van der Waals surface area contributed by atoms with E-state index >= 15 is 0 Å². The van der Waals surface area contributed by atoms with Crippen LogP contribution in [0.5, 0.6) is 0 Å². The summed E-state index contributed by atoms with van der Waals surface area (Å²) in [6.45, 7) is 18.6. The first kappa shape index (κ1) is 22.1. The number of Topliss-reactive ketones (excluding diaryl/α,β-unsaturated/α-hetero) is 1. The SMILES string of the molecule is CC1(C)CC[C@]23CC[C@]4(C)[C@H](CC[C@@H]5[C@@]6(C)C(=O)CCC(C)(C)[C@@H]6CC[C@]54C)[C@H]2[C@H]1OC3. The van der Waals surface area contributed by atoms with Gasteiger partial charge in [-0.1, -0.05) is 48.5 Å². The van der Waals surface area contributed by atoms with Gasteiger partial charge in [-0.2, -0.15) is 0 Å². The van der Waals surface area contributed by atoms with Gasteiger partial charge in [0.1, 0.15) is 5.78 Å². The highest BCUT2D eigenvalue weighted by Crippen LogP contribution is 2.77. The lowest BCUT2D eigenvalue weighted by Gasteiger charge is -2.72. The van der Waals surface area contributed by atoms with Gasteiger partial charge in [-0.3, -0.25) is 4.79 Å². The van der Waals surface area contributed by atoms with Crippen molar-refractivity contribution in [2.45, 2.75) is 119 Å². The van der Waals surface area contributed by atoms with Crippen LogP contribution in [0.25, 0.3) is 0 Å². The zero-order chi connectivity index (χ0) is 22.9. The third-order valence-corrected chi connectivity index (χ3v) is 13.8. The number of hydrogen-bond acceptors (Lipinski definition) is 2. The van der Waals surface area contributed by atoms with Gasteiger partial charge in [-0.05, 0) is 109 Å². The average molecular weight is 441 g/mol. The molecule has 32 heavy (non-hydrogen) atoms. The predicted molar refractivity (Wildman–Crippen MR) is 129 cm³/mol. The fourth-order valence-electron chi connectivity index (χ4n) is 11.7. The monoisotopic (exact) mass is 440 g/mol. The van der Waals surface area contributed by atoms with Crippen LogP contribution in [0.3, 0.4) is 0 Å². The van der Waals surface area contributed by atoms with Crippen LogP contribution in [-0.2, 0) is 9.53 Å². The number of carbonyl (C=O) groups excluding carboxylic acids is 1. The van der Waals surface area contributed by atoms with Gasteiger partial charge in [-0.15, -0.1) is 0 Å². The Bertz CT molecular complexity index is 842. The summed E-state index contributed by atoms with van der Waals surface area (Å²) in [6.07, 6.45) is 13.0. The number of ether oxygens (including phenoxy) is 1. The number of rotatable bonds is 0. The van der Waals surface area contributed by atoms with Crippen LogP contribution in [0.4, 0.5) is 0 Å². The molecule has 1 saturated heterocycles. The number of hydrogen-bond donors (Lipinski definition) is 0. The topological polar surface area (TPSA) is 26.3 Å². The van der Waals surface area contributed by atoms with E-state index in [2.05, 4.69) is 48.5 Å². The molecule has 2 nitrogen and oxygen atoms in total. The average Bonchev–Trinajstić information content (AvgIpc) is 3.05. The summed E-state index contributed by atoms with van der Waals surface area (Å²) >= 11 is 0. The van der Waals surface area contributed by atoms with Gasteiger partial charge in [0.25, 0.3) is 0 Å². The molecule has 1 aliphatic heterocycles. The standard InChI is InChI=1S/C30H48O2/c1-25(2)12-11-22(31)29(7)20(25)10-13-28(6)21(29)9-8-19-23-24-26(3,4)14-16-30(23,18-32-24)17-15-27(19,28)5/h19-21,23-24H,8-18H2,1-7H3/t19-,20+,21+,23+,24-,27-,28-,29+,30-/m1/s1. The molecule has 180 valence electrons. The highest BCUT2D eigenvalue weighted by molar-refractivity contribution is 5.86. The largest absolute Gasteiger partial charge is 0.377 e. The van der Waals surface area contributed by atoms with Crippen molar-refractivity contribution in [3.05, 3.63) is 0 Å². The van der Waals surface area contributed by atoms with Crippen molar-refractivity contribution < 1.29 is 9.53 Å². The lowest BCUT2D eigenvalue weighted by Crippen LogP contribution is -2.68. The third-order valence-electron chi connectivity index (χ3n) is 13.8. The quantitative estimate of drug-likeness (QED) is 0.391. The Hall–Kier alpha value is -0.370. The molecule has 0 amide bonds. The normalized spacial score (nSPS) is 57.7. The third kappa shape index (κ3) is 2.35. The highest BCUT2D eigenvalue weighted by atomic mass is 16.5. The van der Waals surface area contributed by atoms with Crippen molar-refractivity contribution >= 4 is 5.78 Å². The van der Waals surface area contributed by atoms with E-state index in [9.17, 15) is 4.79 Å². The molecule has 0 aromatic carbocycles. The molecule has 0 spiro atoms. The van der Waals surface area contributed by atoms with Crippen LogP contribution in [0.2, 0.25) is 0 Å². The molecule has 5 aliphatic carbocycles. The number of fused-ring (bicyclic) bond motifs is 5. The summed E-state index contributed by atoms with van der Waals surface area (Å²) in [7, 11) is 0. The van der Waals surface area contributed by atoms with Crippen LogP contribution < -0.4 is 0 Å². The summed E-state index contributed by atoms with van der Waals surface area (Å²) in [6, 6.07) is 0. The van der Waals surface area contributed by atoms with Crippen LogP contribution in [0.1, 0.15) is 113 Å². The van der Waals surface area contributed by atoms with Gasteiger partial charge in [-0.25, -0.2) is 0 Å². The van der Waals surface area contributed by atoms with Gasteiger partial charge in [0, 0.05) is 11.8 Å². The van der Waals surface area contributed by atoms with Gasteiger partial charge in [0.2, 0.25) is 0 Å². The van der Waals surface area contributed by atoms with Crippen molar-refractivity contribution in [3.8, 4) is 0 Å². The summed E-state index contributed by atoms with van der Waals surface area (Å²) in [5.41, 5.74) is 1.59. The second-order valence-corrected chi connectivity index (χ2v) is 15.5. The Morgan fingerprint density at radius 1 is 0.719 bits per heavy atom. The lowest BCUT2D eigenvalue weighted by molar-refractivity contribution is -0.236. The predicted octanol–water partition coefficient (Wildman–Crippen LogP) is 7.45. The minimum Gasteiger partial charge on any atom is -0.377 e. The van der Waals surface area contributed by atoms with E-state index in [1.54, 1.807) is 0 Å². The van der Waals surface area contributed by atoms with Crippen LogP contribution in [-0.4, -0.2) is 18.5 Å². The molecule has 0 aromatic rings. The fourth-order valence-corrected chi connectivity index (χ4v) is 11.7. The molecule has 1 heterocycles. The smallest absolute Gasteiger partial charge is 0.139 e. The molecule has 0 N–H and O–H groups in total. The van der Waals surface area contributed by atoms with Crippen LogP contribution in [0, 0.1) is 56.2 Å². The molecule has 0 aromatic heterocycles. The van der Waals surface area contributed by atoms with E-state index in [1.165, 1.54) is 51.4 Å². The maximum absolute atomic E-state index is 13.7. The number of ketones is 1. The molecule has 0 unspecified atom stereocenters. The van der Waals surface area contributed by atoms with Gasteiger partial charge < -0.3 is 4.74 Å². The molecule has 2 bridgehead atoms. The van der Waals surface area contributed by atoms with Crippen LogP contribution in [0.15, 0.2) is 0 Å². The Balaban J connectivity index is 1.42. The van der Waals surface area contributed by atoms with E-state index in [0.717, 1.165) is 31.3 Å². The summed E-state index contributed by atoms with van der Waals surface area (Å²) < 4.78 is 6.69. The van der Waals surface area contributed by atoms with Crippen LogP contribution >= 0.6 is 0 Å². The second kappa shape index (κ2) is 6.24. The minimum absolute atomic E-state index is 0.112. The molecule has 0 radical (unpaired) electrons. The maximum atomic E-state index is 13.7. The van der Waals surface area contributed by atoms with Crippen molar-refractivity contribution in [3.63, 3.8) is 0 Å². The number of carbonyl (C=O) groups is 1. The summed E-state index contributed by atoms with van der Waals surface area (Å²) in [4.78, 5) is 13.7. The molecule has 6 fully saturated rings. The molecule has 2 heteroatoms. The van der Waals surface area contributed by atoms with Crippen molar-refractivity contribution in [1.29, 1.82) is 0 Å². The van der Waals surface area contributed by atoms with E-state index in [-0.39, 0.29) is 10.8 Å². The molecular weight excluding hydrogens is 392 g/mol. The van der Waals surface area contributed by atoms with Crippen molar-refractivity contribution in [2.75, 3.05) is 6.61 Å². The summed E-state index contributed by atoms with van der Waals surface area (Å²) in [5, 5.41) is 0. The fraction of sp³-hybridized carbons (Fsp3) is 0.967. The van der Waals surface area contributed by atoms with E-state index < -0.39 is 0 Å².